The maximum atomic E-state index is 13.0. The number of rotatable bonds is 10. The van der Waals surface area contributed by atoms with E-state index < -0.39 is 5.60 Å². The van der Waals surface area contributed by atoms with Gasteiger partial charge in [0.25, 0.3) is 0 Å². The van der Waals surface area contributed by atoms with Crippen molar-refractivity contribution in [3.63, 3.8) is 0 Å². The normalized spacial score (nSPS) is 13.0. The number of benzene rings is 2. The van der Waals surface area contributed by atoms with Crippen LogP contribution in [0.25, 0.3) is 0 Å². The van der Waals surface area contributed by atoms with Gasteiger partial charge in [-0.3, -0.25) is 4.79 Å². The highest BCUT2D eigenvalue weighted by Crippen LogP contribution is 2.32. The first-order chi connectivity index (χ1) is 16.7. The van der Waals surface area contributed by atoms with Crippen LogP contribution in [0.1, 0.15) is 75.4 Å². The van der Waals surface area contributed by atoms with E-state index in [1.54, 1.807) is 24.0 Å². The Balaban J connectivity index is 1.89. The van der Waals surface area contributed by atoms with E-state index in [4.69, 9.17) is 9.47 Å². The fourth-order valence-corrected chi connectivity index (χ4v) is 3.89. The van der Waals surface area contributed by atoms with Crippen molar-refractivity contribution < 1.29 is 14.3 Å². The number of aromatic nitrogens is 4. The lowest BCUT2D eigenvalue weighted by Gasteiger charge is -2.26. The van der Waals surface area contributed by atoms with Gasteiger partial charge in [0.1, 0.15) is 11.4 Å². The molecule has 8 heteroatoms. The molecule has 0 spiro atoms. The summed E-state index contributed by atoms with van der Waals surface area (Å²) >= 11 is 0. The van der Waals surface area contributed by atoms with Crippen molar-refractivity contribution in [1.82, 2.24) is 20.2 Å². The second kappa shape index (κ2) is 11.6. The molecule has 1 unspecified atom stereocenters. The number of ether oxygens (including phenoxy) is 2. The van der Waals surface area contributed by atoms with Crippen LogP contribution < -0.4 is 4.74 Å². The summed E-state index contributed by atoms with van der Waals surface area (Å²) in [5.41, 5.74) is 1.95. The Labute approximate surface area is 206 Å². The van der Waals surface area contributed by atoms with E-state index >= 15 is 0 Å². The Bertz CT molecular complexity index is 1140. The number of tetrazole rings is 1. The molecular weight excluding hydrogens is 442 g/mol. The molecule has 3 rings (SSSR count). The number of nitrogens with zero attached hydrogens (tertiary/aromatic N) is 5. The van der Waals surface area contributed by atoms with Gasteiger partial charge in [-0.2, -0.15) is 10.1 Å². The number of hydrogen-bond donors (Lipinski definition) is 0. The van der Waals surface area contributed by atoms with Gasteiger partial charge in [0, 0.05) is 5.92 Å². The smallest absolute Gasteiger partial charge is 0.309 e. The van der Waals surface area contributed by atoms with Gasteiger partial charge in [-0.05, 0) is 74.2 Å². The number of hydrogen-bond acceptors (Lipinski definition) is 7. The highest BCUT2D eigenvalue weighted by molar-refractivity contribution is 5.73. The predicted octanol–water partition coefficient (Wildman–Crippen LogP) is 4.88. The zero-order valence-electron chi connectivity index (χ0n) is 21.1. The molecule has 35 heavy (non-hydrogen) atoms. The lowest BCUT2D eigenvalue weighted by molar-refractivity contribution is -0.160. The minimum Gasteiger partial charge on any atom is -0.497 e. The molecule has 1 heterocycles. The molecule has 0 bridgehead atoms. The summed E-state index contributed by atoms with van der Waals surface area (Å²) < 4.78 is 10.9. The fraction of sp³-hybridized carbons (Fsp3) is 0.444. The monoisotopic (exact) mass is 475 g/mol. The van der Waals surface area contributed by atoms with Gasteiger partial charge in [-0.15, -0.1) is 10.2 Å². The van der Waals surface area contributed by atoms with Gasteiger partial charge < -0.3 is 9.47 Å². The minimum absolute atomic E-state index is 0.219. The molecule has 0 fully saturated rings. The van der Waals surface area contributed by atoms with Gasteiger partial charge in [0.2, 0.25) is 0 Å². The number of methoxy groups -OCH3 is 1. The SMILES string of the molecule is CCCC(C[C@@H](c1ccc(C#N)cc1)c1nnn(Cc2ccc(OC)cc2)n1)C(=O)OC(C)(C)C. The Kier molecular flexibility index (Phi) is 8.58. The molecule has 8 nitrogen and oxygen atoms in total. The lowest BCUT2D eigenvalue weighted by Crippen LogP contribution is -2.30. The molecule has 0 aliphatic carbocycles. The summed E-state index contributed by atoms with van der Waals surface area (Å²) in [6, 6.07) is 17.2. The molecule has 0 radical (unpaired) electrons. The molecule has 2 aromatic carbocycles. The molecule has 0 aliphatic rings. The second-order valence-corrected chi connectivity index (χ2v) is 9.57. The molecule has 1 aromatic heterocycles. The summed E-state index contributed by atoms with van der Waals surface area (Å²) in [5, 5.41) is 22.5. The minimum atomic E-state index is -0.563. The zero-order valence-corrected chi connectivity index (χ0v) is 21.1. The molecule has 2 atom stereocenters. The Morgan fingerprint density at radius 2 is 1.80 bits per heavy atom. The molecule has 184 valence electrons. The van der Waals surface area contributed by atoms with Crippen molar-refractivity contribution in [3.8, 4) is 11.8 Å². The molecule has 0 amide bonds. The molecule has 3 aromatic rings. The highest BCUT2D eigenvalue weighted by atomic mass is 16.6. The van der Waals surface area contributed by atoms with E-state index in [9.17, 15) is 10.1 Å². The fourth-order valence-electron chi connectivity index (χ4n) is 3.89. The second-order valence-electron chi connectivity index (χ2n) is 9.57. The first-order valence-corrected chi connectivity index (χ1v) is 11.9. The predicted molar refractivity (Wildman–Crippen MR) is 132 cm³/mol. The Hall–Kier alpha value is -3.73. The summed E-state index contributed by atoms with van der Waals surface area (Å²) in [5.74, 6) is 0.521. The van der Waals surface area contributed by atoms with Crippen molar-refractivity contribution in [3.05, 3.63) is 71.0 Å². The molecule has 0 saturated carbocycles. The average molecular weight is 476 g/mol. The van der Waals surface area contributed by atoms with Crippen LogP contribution in [0.3, 0.4) is 0 Å². The highest BCUT2D eigenvalue weighted by Gasteiger charge is 2.30. The first-order valence-electron chi connectivity index (χ1n) is 11.9. The van der Waals surface area contributed by atoms with Gasteiger partial charge >= 0.3 is 5.97 Å². The summed E-state index contributed by atoms with van der Waals surface area (Å²) in [6.45, 7) is 8.13. The van der Waals surface area contributed by atoms with Crippen molar-refractivity contribution in [2.75, 3.05) is 7.11 Å². The summed E-state index contributed by atoms with van der Waals surface area (Å²) in [6.07, 6.45) is 2.03. The van der Waals surface area contributed by atoms with Gasteiger partial charge in [-0.25, -0.2) is 0 Å². The quantitative estimate of drug-likeness (QED) is 0.385. The first kappa shape index (κ1) is 25.9. The summed E-state index contributed by atoms with van der Waals surface area (Å²) in [4.78, 5) is 14.6. The van der Waals surface area contributed by atoms with E-state index in [0.717, 1.165) is 23.3 Å². The number of carbonyl (C=O) groups excluding carboxylic acids is 1. The van der Waals surface area contributed by atoms with Crippen molar-refractivity contribution in [1.29, 1.82) is 5.26 Å². The van der Waals surface area contributed by atoms with Crippen molar-refractivity contribution in [2.24, 2.45) is 5.92 Å². The van der Waals surface area contributed by atoms with Crippen LogP contribution in [-0.2, 0) is 16.1 Å². The number of nitriles is 1. The van der Waals surface area contributed by atoms with Gasteiger partial charge in [0.05, 0.1) is 31.2 Å². The van der Waals surface area contributed by atoms with Crippen LogP contribution in [0, 0.1) is 17.2 Å². The van der Waals surface area contributed by atoms with E-state index in [1.165, 1.54) is 0 Å². The third kappa shape index (κ3) is 7.38. The largest absolute Gasteiger partial charge is 0.497 e. The van der Waals surface area contributed by atoms with E-state index in [0.29, 0.717) is 30.8 Å². The van der Waals surface area contributed by atoms with Gasteiger partial charge in [-0.1, -0.05) is 37.6 Å². The maximum absolute atomic E-state index is 13.0. The topological polar surface area (TPSA) is 103 Å². The van der Waals surface area contributed by atoms with E-state index in [-0.39, 0.29) is 17.8 Å². The molecular formula is C27H33N5O3. The van der Waals surface area contributed by atoms with Crippen LogP contribution >= 0.6 is 0 Å². The lowest BCUT2D eigenvalue weighted by atomic mass is 9.85. The van der Waals surface area contributed by atoms with E-state index in [2.05, 4.69) is 28.4 Å². The van der Waals surface area contributed by atoms with Crippen LogP contribution in [0.4, 0.5) is 0 Å². The van der Waals surface area contributed by atoms with Gasteiger partial charge in [0.15, 0.2) is 5.82 Å². The third-order valence-electron chi connectivity index (χ3n) is 5.60. The van der Waals surface area contributed by atoms with Crippen LogP contribution in [0.15, 0.2) is 48.5 Å². The van der Waals surface area contributed by atoms with Crippen molar-refractivity contribution >= 4 is 5.97 Å². The number of carbonyl (C=O) groups is 1. The van der Waals surface area contributed by atoms with Crippen LogP contribution in [0.5, 0.6) is 5.75 Å². The number of esters is 1. The summed E-state index contributed by atoms with van der Waals surface area (Å²) in [7, 11) is 1.63. The standard InChI is InChI=1S/C27H33N5O3/c1-6-7-22(26(33)35-27(2,3)4)16-24(21-12-8-19(17-28)9-13-21)25-29-31-32(30-25)18-20-10-14-23(34-5)15-11-20/h8-15,22,24H,6-7,16,18H2,1-5H3/t22?,24-/m0/s1. The third-order valence-corrected chi connectivity index (χ3v) is 5.60. The molecule has 0 N–H and O–H groups in total. The van der Waals surface area contributed by atoms with Crippen LogP contribution in [-0.4, -0.2) is 38.9 Å². The van der Waals surface area contributed by atoms with Crippen LogP contribution in [0.2, 0.25) is 0 Å². The Morgan fingerprint density at radius 3 is 2.37 bits per heavy atom. The van der Waals surface area contributed by atoms with Crippen molar-refractivity contribution in [2.45, 2.75) is 65.0 Å². The average Bonchev–Trinajstić information content (AvgIpc) is 3.29. The van der Waals surface area contributed by atoms with E-state index in [1.807, 2.05) is 57.2 Å². The maximum Gasteiger partial charge on any atom is 0.309 e. The molecule has 0 saturated heterocycles. The molecule has 0 aliphatic heterocycles. The zero-order chi connectivity index (χ0) is 25.4. The Morgan fingerprint density at radius 1 is 1.11 bits per heavy atom.